The first kappa shape index (κ1) is 8.66. The van der Waals surface area contributed by atoms with Crippen LogP contribution in [0.3, 0.4) is 0 Å². The van der Waals surface area contributed by atoms with E-state index < -0.39 is 0 Å². The smallest absolute Gasteiger partial charge is 0.0186 e. The van der Waals surface area contributed by atoms with Gasteiger partial charge in [-0.15, -0.1) is 0 Å². The summed E-state index contributed by atoms with van der Waals surface area (Å²) in [4.78, 5) is 0. The Morgan fingerprint density at radius 2 is 2.12 bits per heavy atom. The molecule has 0 saturated carbocycles. The maximum absolute atomic E-state index is 5.50. The summed E-state index contributed by atoms with van der Waals surface area (Å²) in [5, 5.41) is 0. The third-order valence-corrected chi connectivity index (χ3v) is 3.21. The van der Waals surface area contributed by atoms with E-state index in [9.17, 15) is 0 Å². The van der Waals surface area contributed by atoms with E-state index >= 15 is 0 Å². The molecule has 0 radical (unpaired) electrons. The van der Waals surface area contributed by atoms with Crippen LogP contribution in [0, 0.1) is 0 Å². The maximum Gasteiger partial charge on any atom is 0.0186 e. The second-order valence-corrected chi connectivity index (χ2v) is 4.46. The Morgan fingerprint density at radius 3 is 2.50 bits per heavy atom. The second-order valence-electron chi connectivity index (χ2n) is 1.67. The summed E-state index contributed by atoms with van der Waals surface area (Å²) in [6.45, 7) is 4.18. The van der Waals surface area contributed by atoms with Gasteiger partial charge in [-0.2, -0.15) is 0 Å². The highest BCUT2D eigenvalue weighted by molar-refractivity contribution is 8.76. The molecule has 0 aliphatic rings. The number of hydrogen-bond acceptors (Lipinski definition) is 3. The Labute approximate surface area is 59.2 Å². The van der Waals surface area contributed by atoms with Crippen molar-refractivity contribution in [2.45, 2.75) is 19.9 Å². The molecule has 0 aromatic carbocycles. The van der Waals surface area contributed by atoms with Crippen LogP contribution in [0.25, 0.3) is 0 Å². The third-order valence-electron chi connectivity index (χ3n) is 0.532. The zero-order valence-corrected chi connectivity index (χ0v) is 7.02. The molecule has 2 N–H and O–H groups in total. The van der Waals surface area contributed by atoms with Gasteiger partial charge in [0.15, 0.2) is 0 Å². The monoisotopic (exact) mass is 151 g/mol. The Balaban J connectivity index is 2.72. The lowest BCUT2D eigenvalue weighted by Gasteiger charge is -2.00. The van der Waals surface area contributed by atoms with Crippen molar-refractivity contribution in [3.05, 3.63) is 0 Å². The molecule has 0 saturated heterocycles. The van der Waals surface area contributed by atoms with Gasteiger partial charge in [-0.05, 0) is 6.92 Å². The lowest BCUT2D eigenvalue weighted by Crippen LogP contribution is -2.16. The van der Waals surface area contributed by atoms with Crippen LogP contribution in [0.1, 0.15) is 13.8 Å². The number of nitrogens with two attached hydrogens (primary N) is 1. The Hall–Kier alpha value is 0.660. The van der Waals surface area contributed by atoms with Crippen molar-refractivity contribution in [2.75, 3.05) is 11.5 Å². The van der Waals surface area contributed by atoms with Gasteiger partial charge in [0, 0.05) is 17.5 Å². The standard InChI is InChI=1S/C5H13NS2/c1-3-7-8-4-5(2)6/h5H,3-4,6H2,1-2H3. The van der Waals surface area contributed by atoms with Crippen LogP contribution in [0.4, 0.5) is 0 Å². The first-order valence-electron chi connectivity index (χ1n) is 2.77. The molecule has 1 unspecified atom stereocenters. The van der Waals surface area contributed by atoms with E-state index in [-0.39, 0.29) is 0 Å². The second kappa shape index (κ2) is 5.79. The van der Waals surface area contributed by atoms with Crippen molar-refractivity contribution in [2.24, 2.45) is 5.73 Å². The van der Waals surface area contributed by atoms with Gasteiger partial charge >= 0.3 is 0 Å². The SMILES string of the molecule is CCSSCC(C)N. The molecule has 0 rings (SSSR count). The summed E-state index contributed by atoms with van der Waals surface area (Å²) in [5.41, 5.74) is 5.50. The maximum atomic E-state index is 5.50. The van der Waals surface area contributed by atoms with E-state index in [1.165, 1.54) is 5.75 Å². The van der Waals surface area contributed by atoms with Crippen LogP contribution < -0.4 is 5.73 Å². The van der Waals surface area contributed by atoms with Gasteiger partial charge in [-0.1, -0.05) is 28.5 Å². The summed E-state index contributed by atoms with van der Waals surface area (Å²) in [5.74, 6) is 2.25. The van der Waals surface area contributed by atoms with Gasteiger partial charge < -0.3 is 5.73 Å². The molecule has 0 heterocycles. The molecule has 0 aliphatic carbocycles. The van der Waals surface area contributed by atoms with E-state index in [1.54, 1.807) is 0 Å². The Bertz CT molecular complexity index is 47.7. The largest absolute Gasteiger partial charge is 0.327 e. The van der Waals surface area contributed by atoms with Gasteiger partial charge in [0.1, 0.15) is 0 Å². The summed E-state index contributed by atoms with van der Waals surface area (Å²) in [6.07, 6.45) is 0. The molecule has 0 aliphatic heterocycles. The molecule has 0 bridgehead atoms. The topological polar surface area (TPSA) is 26.0 Å². The van der Waals surface area contributed by atoms with Gasteiger partial charge in [0.25, 0.3) is 0 Å². The normalized spacial score (nSPS) is 13.9. The van der Waals surface area contributed by atoms with Gasteiger partial charge in [-0.25, -0.2) is 0 Å². The molecule has 0 aromatic rings. The average molecular weight is 151 g/mol. The molecule has 1 atom stereocenters. The Morgan fingerprint density at radius 1 is 1.50 bits per heavy atom. The van der Waals surface area contributed by atoms with Crippen molar-refractivity contribution in [3.63, 3.8) is 0 Å². The zero-order valence-electron chi connectivity index (χ0n) is 5.39. The quantitative estimate of drug-likeness (QED) is 0.489. The Kier molecular flexibility index (Phi) is 6.27. The predicted molar refractivity (Wildman–Crippen MR) is 44.2 cm³/mol. The summed E-state index contributed by atoms with van der Waals surface area (Å²) < 4.78 is 0. The van der Waals surface area contributed by atoms with Crippen molar-refractivity contribution in [3.8, 4) is 0 Å². The number of rotatable bonds is 4. The van der Waals surface area contributed by atoms with Crippen LogP contribution in [0.5, 0.6) is 0 Å². The van der Waals surface area contributed by atoms with Crippen LogP contribution in [-0.2, 0) is 0 Å². The van der Waals surface area contributed by atoms with Crippen LogP contribution in [0.2, 0.25) is 0 Å². The fourth-order valence-corrected chi connectivity index (χ4v) is 2.15. The molecule has 0 spiro atoms. The van der Waals surface area contributed by atoms with Crippen LogP contribution in [-0.4, -0.2) is 17.5 Å². The van der Waals surface area contributed by atoms with E-state index in [4.69, 9.17) is 5.73 Å². The predicted octanol–water partition coefficient (Wildman–Crippen LogP) is 1.73. The molecule has 0 fully saturated rings. The minimum absolute atomic E-state index is 0.346. The zero-order chi connectivity index (χ0) is 6.41. The molecule has 0 aromatic heterocycles. The van der Waals surface area contributed by atoms with Crippen molar-refractivity contribution in [1.82, 2.24) is 0 Å². The van der Waals surface area contributed by atoms with Gasteiger partial charge in [-0.3, -0.25) is 0 Å². The number of hydrogen-bond donors (Lipinski definition) is 1. The van der Waals surface area contributed by atoms with Crippen molar-refractivity contribution < 1.29 is 0 Å². The first-order chi connectivity index (χ1) is 3.77. The van der Waals surface area contributed by atoms with Crippen LogP contribution >= 0.6 is 21.6 Å². The highest BCUT2D eigenvalue weighted by Crippen LogP contribution is 2.20. The average Bonchev–Trinajstić information content (AvgIpc) is 1.66. The highest BCUT2D eigenvalue weighted by Gasteiger charge is 1.91. The van der Waals surface area contributed by atoms with Crippen molar-refractivity contribution >= 4 is 21.6 Å². The van der Waals surface area contributed by atoms with E-state index in [0.717, 1.165) is 5.75 Å². The first-order valence-corrected chi connectivity index (χ1v) is 5.26. The molecular formula is C5H13NS2. The van der Waals surface area contributed by atoms with E-state index in [1.807, 2.05) is 28.5 Å². The molecule has 50 valence electrons. The molecule has 0 amide bonds. The lowest BCUT2D eigenvalue weighted by atomic mass is 10.4. The summed E-state index contributed by atoms with van der Waals surface area (Å²) in [7, 11) is 3.73. The molecule has 8 heavy (non-hydrogen) atoms. The third kappa shape index (κ3) is 6.66. The molecule has 3 heteroatoms. The van der Waals surface area contributed by atoms with Crippen molar-refractivity contribution in [1.29, 1.82) is 0 Å². The fraction of sp³-hybridized carbons (Fsp3) is 1.00. The molecular weight excluding hydrogens is 138 g/mol. The van der Waals surface area contributed by atoms with E-state index in [0.29, 0.717) is 6.04 Å². The van der Waals surface area contributed by atoms with Gasteiger partial charge in [0.05, 0.1) is 0 Å². The molecule has 1 nitrogen and oxygen atoms in total. The summed E-state index contributed by atoms with van der Waals surface area (Å²) in [6, 6.07) is 0.346. The van der Waals surface area contributed by atoms with Gasteiger partial charge in [0.2, 0.25) is 0 Å². The fourth-order valence-electron chi connectivity index (χ4n) is 0.239. The van der Waals surface area contributed by atoms with E-state index in [2.05, 4.69) is 6.92 Å². The highest BCUT2D eigenvalue weighted by atomic mass is 33.1. The summed E-state index contributed by atoms with van der Waals surface area (Å²) >= 11 is 0. The minimum atomic E-state index is 0.346. The minimum Gasteiger partial charge on any atom is -0.327 e. The lowest BCUT2D eigenvalue weighted by molar-refractivity contribution is 0.850. The van der Waals surface area contributed by atoms with Crippen LogP contribution in [0.15, 0.2) is 0 Å².